The van der Waals surface area contributed by atoms with Gasteiger partial charge in [-0.3, -0.25) is 0 Å². The van der Waals surface area contributed by atoms with Crippen LogP contribution in [0.4, 0.5) is 0 Å². The molecule has 186 valence electrons. The lowest BCUT2D eigenvalue weighted by atomic mass is 9.84. The smallest absolute Gasteiger partial charge is 0.344 e. The Bertz CT molecular complexity index is 1070. The number of ether oxygens (including phenoxy) is 2. The van der Waals surface area contributed by atoms with Gasteiger partial charge in [0.25, 0.3) is 0 Å². The minimum Gasteiger partial charge on any atom is -0.423 e. The lowest BCUT2D eigenvalue weighted by Gasteiger charge is -2.22. The van der Waals surface area contributed by atoms with E-state index in [4.69, 9.17) is 9.47 Å². The molecule has 0 atom stereocenters. The molecule has 4 nitrogen and oxygen atoms in total. The number of carbonyl (C=O) groups is 2. The molecule has 2 aliphatic carbocycles. The number of esters is 2. The van der Waals surface area contributed by atoms with E-state index in [0.29, 0.717) is 23.3 Å². The highest BCUT2D eigenvalue weighted by Crippen LogP contribution is 2.34. The average molecular weight is 483 g/mol. The number of carbonyl (C=O) groups excluding carboxylic acids is 2. The maximum Gasteiger partial charge on any atom is 0.344 e. The van der Waals surface area contributed by atoms with Crippen molar-refractivity contribution in [3.8, 4) is 11.5 Å². The lowest BCUT2D eigenvalue weighted by Crippen LogP contribution is -2.17. The van der Waals surface area contributed by atoms with E-state index in [-0.39, 0.29) is 11.1 Å². The number of hydrogen-bond donors (Lipinski definition) is 0. The highest BCUT2D eigenvalue weighted by molar-refractivity contribution is 6.04. The normalized spacial score (nSPS) is 16.9. The summed E-state index contributed by atoms with van der Waals surface area (Å²) in [6.45, 7) is 0. The first-order valence-corrected chi connectivity index (χ1v) is 13.4. The molecular weight excluding hydrogens is 448 g/mol. The largest absolute Gasteiger partial charge is 0.423 e. The average Bonchev–Trinajstić information content (AvgIpc) is 2.95. The van der Waals surface area contributed by atoms with Gasteiger partial charge in [-0.2, -0.15) is 0 Å². The maximum absolute atomic E-state index is 13.0. The number of rotatable bonds is 6. The lowest BCUT2D eigenvalue weighted by molar-refractivity contribution is 0.0692. The Morgan fingerprint density at radius 1 is 0.500 bits per heavy atom. The summed E-state index contributed by atoms with van der Waals surface area (Å²) in [5.41, 5.74) is 2.98. The van der Waals surface area contributed by atoms with Gasteiger partial charge in [-0.25, -0.2) is 9.59 Å². The third kappa shape index (κ3) is 5.87. The van der Waals surface area contributed by atoms with Crippen LogP contribution in [0.1, 0.15) is 108 Å². The van der Waals surface area contributed by atoms with Crippen LogP contribution in [0.3, 0.4) is 0 Å². The zero-order valence-corrected chi connectivity index (χ0v) is 20.8. The van der Waals surface area contributed by atoms with Crippen LogP contribution in [-0.4, -0.2) is 11.9 Å². The Hall–Kier alpha value is -3.40. The van der Waals surface area contributed by atoms with Crippen molar-refractivity contribution in [2.45, 2.75) is 76.0 Å². The molecule has 0 bridgehead atoms. The molecule has 0 unspecified atom stereocenters. The summed E-state index contributed by atoms with van der Waals surface area (Å²) in [5, 5.41) is 0. The zero-order chi connectivity index (χ0) is 24.7. The van der Waals surface area contributed by atoms with Crippen LogP contribution in [0.5, 0.6) is 11.5 Å². The van der Waals surface area contributed by atoms with Crippen molar-refractivity contribution >= 4 is 11.9 Å². The highest BCUT2D eigenvalue weighted by atomic mass is 16.5. The Balaban J connectivity index is 1.24. The van der Waals surface area contributed by atoms with Crippen molar-refractivity contribution in [2.75, 3.05) is 0 Å². The van der Waals surface area contributed by atoms with E-state index in [1.54, 1.807) is 24.3 Å². The van der Waals surface area contributed by atoms with Crippen LogP contribution in [-0.2, 0) is 0 Å². The Kier molecular flexibility index (Phi) is 7.80. The van der Waals surface area contributed by atoms with Gasteiger partial charge >= 0.3 is 11.9 Å². The molecular formula is C32H34O4. The Morgan fingerprint density at radius 3 is 1.22 bits per heavy atom. The molecule has 3 aromatic carbocycles. The van der Waals surface area contributed by atoms with E-state index in [0.717, 1.165) is 0 Å². The molecule has 0 aromatic heterocycles. The molecule has 0 saturated heterocycles. The highest BCUT2D eigenvalue weighted by Gasteiger charge is 2.21. The summed E-state index contributed by atoms with van der Waals surface area (Å²) in [4.78, 5) is 25.9. The van der Waals surface area contributed by atoms with Crippen LogP contribution in [0.25, 0.3) is 0 Å². The summed E-state index contributed by atoms with van der Waals surface area (Å²) in [6, 6.07) is 22.2. The van der Waals surface area contributed by atoms with Crippen molar-refractivity contribution in [3.63, 3.8) is 0 Å². The number of benzene rings is 3. The Labute approximate surface area is 213 Å². The molecule has 36 heavy (non-hydrogen) atoms. The van der Waals surface area contributed by atoms with Gasteiger partial charge in [0, 0.05) is 0 Å². The van der Waals surface area contributed by atoms with Crippen LogP contribution in [0, 0.1) is 0 Å². The maximum atomic E-state index is 13.0. The molecule has 5 rings (SSSR count). The molecule has 0 aliphatic heterocycles. The zero-order valence-electron chi connectivity index (χ0n) is 20.8. The van der Waals surface area contributed by atoms with Gasteiger partial charge in [-0.1, -0.05) is 74.9 Å². The van der Waals surface area contributed by atoms with Crippen molar-refractivity contribution in [1.82, 2.24) is 0 Å². The molecule has 0 radical (unpaired) electrons. The van der Waals surface area contributed by atoms with Gasteiger partial charge in [0.2, 0.25) is 0 Å². The second-order valence-electron chi connectivity index (χ2n) is 10.1. The second kappa shape index (κ2) is 11.6. The van der Waals surface area contributed by atoms with E-state index in [1.807, 2.05) is 24.3 Å². The summed E-state index contributed by atoms with van der Waals surface area (Å²) in [6.07, 6.45) is 12.6. The fourth-order valence-corrected chi connectivity index (χ4v) is 5.65. The van der Waals surface area contributed by atoms with Crippen LogP contribution in [0.15, 0.2) is 72.8 Å². The summed E-state index contributed by atoms with van der Waals surface area (Å²) >= 11 is 0. The fourth-order valence-electron chi connectivity index (χ4n) is 5.65. The topological polar surface area (TPSA) is 52.6 Å². The van der Waals surface area contributed by atoms with Crippen molar-refractivity contribution in [2.24, 2.45) is 0 Å². The quantitative estimate of drug-likeness (QED) is 0.262. The predicted octanol–water partition coefficient (Wildman–Crippen LogP) is 8.22. The SMILES string of the molecule is O=C(Oc1ccc(C2CCCCC2)cc1)c1ccccc1C(=O)Oc1ccc(C2CCCCC2)cc1. The fraction of sp³-hybridized carbons (Fsp3) is 0.375. The minimum absolute atomic E-state index is 0.192. The third-order valence-electron chi connectivity index (χ3n) is 7.70. The molecule has 3 aromatic rings. The summed E-state index contributed by atoms with van der Waals surface area (Å²) in [7, 11) is 0. The molecule has 0 spiro atoms. The van der Waals surface area contributed by atoms with E-state index in [2.05, 4.69) is 24.3 Å². The Morgan fingerprint density at radius 2 is 0.861 bits per heavy atom. The summed E-state index contributed by atoms with van der Waals surface area (Å²) in [5.74, 6) is 0.995. The molecule has 4 heteroatoms. The van der Waals surface area contributed by atoms with Crippen LogP contribution in [0.2, 0.25) is 0 Å². The first kappa shape index (κ1) is 24.3. The van der Waals surface area contributed by atoms with Gasteiger partial charge in [0.05, 0.1) is 11.1 Å². The molecule has 2 fully saturated rings. The van der Waals surface area contributed by atoms with E-state index in [9.17, 15) is 9.59 Å². The first-order valence-electron chi connectivity index (χ1n) is 13.4. The molecule has 2 aliphatic rings. The van der Waals surface area contributed by atoms with Gasteiger partial charge in [0.1, 0.15) is 11.5 Å². The van der Waals surface area contributed by atoms with E-state index in [1.165, 1.54) is 75.3 Å². The predicted molar refractivity (Wildman–Crippen MR) is 141 cm³/mol. The van der Waals surface area contributed by atoms with Crippen LogP contribution < -0.4 is 9.47 Å². The first-order chi connectivity index (χ1) is 17.7. The standard InChI is InChI=1S/C32H34O4/c33-31(35-27-19-15-25(16-20-27)23-9-3-1-4-10-23)29-13-7-8-14-30(29)32(34)36-28-21-17-26(18-22-28)24-11-5-2-6-12-24/h7-8,13-24H,1-6,9-12H2. The third-order valence-corrected chi connectivity index (χ3v) is 7.70. The van der Waals surface area contributed by atoms with Crippen molar-refractivity contribution < 1.29 is 19.1 Å². The van der Waals surface area contributed by atoms with Gasteiger partial charge in [0.15, 0.2) is 0 Å². The molecule has 0 heterocycles. The van der Waals surface area contributed by atoms with Crippen molar-refractivity contribution in [1.29, 1.82) is 0 Å². The monoisotopic (exact) mass is 482 g/mol. The van der Waals surface area contributed by atoms with Crippen LogP contribution >= 0.6 is 0 Å². The van der Waals surface area contributed by atoms with E-state index >= 15 is 0 Å². The summed E-state index contributed by atoms with van der Waals surface area (Å²) < 4.78 is 11.2. The second-order valence-corrected chi connectivity index (χ2v) is 10.1. The van der Waals surface area contributed by atoms with Gasteiger partial charge in [-0.15, -0.1) is 0 Å². The molecule has 0 N–H and O–H groups in total. The minimum atomic E-state index is -0.569. The van der Waals surface area contributed by atoms with Gasteiger partial charge in [-0.05, 0) is 85.0 Å². The molecule has 2 saturated carbocycles. The van der Waals surface area contributed by atoms with E-state index < -0.39 is 11.9 Å². The molecule has 0 amide bonds. The van der Waals surface area contributed by atoms with Crippen molar-refractivity contribution in [3.05, 3.63) is 95.1 Å². The number of hydrogen-bond acceptors (Lipinski definition) is 4. The van der Waals surface area contributed by atoms with Gasteiger partial charge < -0.3 is 9.47 Å².